The van der Waals surface area contributed by atoms with Crippen molar-refractivity contribution in [1.82, 2.24) is 4.90 Å². The van der Waals surface area contributed by atoms with Crippen molar-refractivity contribution in [1.29, 1.82) is 0 Å². The van der Waals surface area contributed by atoms with Gasteiger partial charge in [-0.25, -0.2) is 0 Å². The van der Waals surface area contributed by atoms with E-state index in [-0.39, 0.29) is 5.92 Å². The molecule has 0 bridgehead atoms. The molecule has 3 aromatic carbocycles. The van der Waals surface area contributed by atoms with Gasteiger partial charge in [-0.2, -0.15) is 0 Å². The Morgan fingerprint density at radius 3 is 2.30 bits per heavy atom. The number of Topliss-reactive ketones (excluding diaryl/α,β-unsaturated/α-hetero) is 1. The molecule has 2 aliphatic rings. The van der Waals surface area contributed by atoms with Crippen LogP contribution in [-0.2, 0) is 13.0 Å². The predicted octanol–water partition coefficient (Wildman–Crippen LogP) is 6.28. The second-order valence-corrected chi connectivity index (χ2v) is 9.47. The van der Waals surface area contributed by atoms with Crippen LogP contribution in [0.4, 0.5) is 0 Å². The van der Waals surface area contributed by atoms with Crippen molar-refractivity contribution in [3.8, 4) is 5.75 Å². The largest absolute Gasteiger partial charge is 0.489 e. The van der Waals surface area contributed by atoms with Crippen LogP contribution in [0.15, 0.2) is 78.9 Å². The summed E-state index contributed by atoms with van der Waals surface area (Å²) >= 11 is 0. The smallest absolute Gasteiger partial charge is 0.166 e. The van der Waals surface area contributed by atoms with Gasteiger partial charge < -0.3 is 9.64 Å². The number of carbonyl (C=O) groups excluding carboxylic acids is 1. The van der Waals surface area contributed by atoms with Crippen molar-refractivity contribution < 1.29 is 9.53 Å². The molecule has 1 unspecified atom stereocenters. The van der Waals surface area contributed by atoms with Gasteiger partial charge in [0.1, 0.15) is 12.4 Å². The van der Waals surface area contributed by atoms with Crippen molar-refractivity contribution in [3.05, 3.63) is 101 Å². The predicted molar refractivity (Wildman–Crippen MR) is 133 cm³/mol. The molecule has 170 valence electrons. The van der Waals surface area contributed by atoms with Crippen molar-refractivity contribution >= 4 is 5.78 Å². The zero-order valence-corrected chi connectivity index (χ0v) is 19.3. The minimum atomic E-state index is 0.133. The van der Waals surface area contributed by atoms with E-state index in [9.17, 15) is 4.79 Å². The van der Waals surface area contributed by atoms with Crippen LogP contribution in [0.2, 0.25) is 0 Å². The first-order chi connectivity index (χ1) is 16.3. The lowest BCUT2D eigenvalue weighted by atomic mass is 9.80. The first-order valence-electron chi connectivity index (χ1n) is 12.4. The number of fused-ring (bicyclic) bond motifs is 1. The zero-order chi connectivity index (χ0) is 22.5. The third-order valence-electron chi connectivity index (χ3n) is 7.40. The average Bonchev–Trinajstić information content (AvgIpc) is 2.88. The molecule has 1 atom stereocenters. The zero-order valence-electron chi connectivity index (χ0n) is 19.3. The van der Waals surface area contributed by atoms with Gasteiger partial charge in [0.25, 0.3) is 0 Å². The lowest BCUT2D eigenvalue weighted by Gasteiger charge is -2.33. The minimum Gasteiger partial charge on any atom is -0.489 e. The molecule has 1 heterocycles. The lowest BCUT2D eigenvalue weighted by molar-refractivity contribution is 0.0876. The van der Waals surface area contributed by atoms with Crippen LogP contribution < -0.4 is 4.74 Å². The van der Waals surface area contributed by atoms with Crippen LogP contribution in [0.5, 0.6) is 5.75 Å². The summed E-state index contributed by atoms with van der Waals surface area (Å²) in [6.45, 7) is 3.83. The molecule has 5 rings (SSSR count). The number of benzene rings is 3. The maximum Gasteiger partial charge on any atom is 0.166 e. The average molecular weight is 440 g/mol. The van der Waals surface area contributed by atoms with Crippen LogP contribution in [0.1, 0.15) is 58.6 Å². The highest BCUT2D eigenvalue weighted by molar-refractivity contribution is 6.00. The molecule has 33 heavy (non-hydrogen) atoms. The number of ketones is 1. The van der Waals surface area contributed by atoms with Gasteiger partial charge in [-0.05, 0) is 74.8 Å². The van der Waals surface area contributed by atoms with Crippen LogP contribution in [0, 0.1) is 5.92 Å². The Morgan fingerprint density at radius 1 is 0.818 bits per heavy atom. The minimum absolute atomic E-state index is 0.133. The molecule has 3 nitrogen and oxygen atoms in total. The summed E-state index contributed by atoms with van der Waals surface area (Å²) in [5.74, 6) is 1.99. The normalized spacial score (nSPS) is 19.3. The molecule has 0 radical (unpaired) electrons. The first-order valence-corrected chi connectivity index (χ1v) is 12.4. The Morgan fingerprint density at radius 2 is 1.55 bits per heavy atom. The number of nitrogens with zero attached hydrogens (tertiary/aromatic N) is 1. The highest BCUT2D eigenvalue weighted by Gasteiger charge is 2.30. The van der Waals surface area contributed by atoms with E-state index < -0.39 is 0 Å². The topological polar surface area (TPSA) is 29.5 Å². The molecule has 0 spiro atoms. The molecule has 3 heteroatoms. The number of likely N-dealkylation sites (tertiary alicyclic amines) is 1. The van der Waals surface area contributed by atoms with E-state index in [2.05, 4.69) is 47.4 Å². The second kappa shape index (κ2) is 10.4. The molecule has 1 saturated heterocycles. The Labute approximate surface area is 197 Å². The van der Waals surface area contributed by atoms with Crippen molar-refractivity contribution in [2.24, 2.45) is 5.92 Å². The van der Waals surface area contributed by atoms with Gasteiger partial charge >= 0.3 is 0 Å². The highest BCUT2D eigenvalue weighted by Crippen LogP contribution is 2.34. The van der Waals surface area contributed by atoms with E-state index in [1.165, 1.54) is 18.4 Å². The van der Waals surface area contributed by atoms with E-state index >= 15 is 0 Å². The van der Waals surface area contributed by atoms with Crippen molar-refractivity contribution in [2.75, 3.05) is 19.6 Å². The molecule has 0 aromatic heterocycles. The van der Waals surface area contributed by atoms with Gasteiger partial charge in [0.2, 0.25) is 0 Å². The van der Waals surface area contributed by atoms with Gasteiger partial charge in [0.05, 0.1) is 0 Å². The number of ether oxygens (including phenoxy) is 1. The van der Waals surface area contributed by atoms with Gasteiger partial charge in [-0.15, -0.1) is 0 Å². The summed E-state index contributed by atoms with van der Waals surface area (Å²) < 4.78 is 6.12. The SMILES string of the molecule is O=C1c2cccc(OCc3ccccc3)c2CCC1CCN1CCC(c2ccccc2)CC1. The maximum absolute atomic E-state index is 13.3. The third kappa shape index (κ3) is 5.20. The fraction of sp³-hybridized carbons (Fsp3) is 0.367. The number of carbonyl (C=O) groups is 1. The Hall–Kier alpha value is -2.91. The van der Waals surface area contributed by atoms with Crippen LogP contribution >= 0.6 is 0 Å². The molecule has 0 saturated carbocycles. The lowest BCUT2D eigenvalue weighted by Crippen LogP contribution is -2.35. The Balaban J connectivity index is 1.15. The molecular formula is C30H33NO2. The number of hydrogen-bond donors (Lipinski definition) is 0. The highest BCUT2D eigenvalue weighted by atomic mass is 16.5. The van der Waals surface area contributed by atoms with Crippen molar-refractivity contribution in [3.63, 3.8) is 0 Å². The van der Waals surface area contributed by atoms with Gasteiger partial charge in [-0.1, -0.05) is 72.8 Å². The summed E-state index contributed by atoms with van der Waals surface area (Å²) in [7, 11) is 0. The van der Waals surface area contributed by atoms with Crippen LogP contribution in [-0.4, -0.2) is 30.3 Å². The first kappa shape index (κ1) is 21.9. The van der Waals surface area contributed by atoms with Crippen LogP contribution in [0.3, 0.4) is 0 Å². The quantitative estimate of drug-likeness (QED) is 0.434. The molecular weight excluding hydrogens is 406 g/mol. The number of rotatable bonds is 7. The van der Waals surface area contributed by atoms with E-state index in [1.54, 1.807) is 0 Å². The van der Waals surface area contributed by atoms with Crippen molar-refractivity contribution in [2.45, 2.75) is 44.6 Å². The third-order valence-corrected chi connectivity index (χ3v) is 7.40. The maximum atomic E-state index is 13.3. The van der Waals surface area contributed by atoms with E-state index in [4.69, 9.17) is 4.74 Å². The summed E-state index contributed by atoms with van der Waals surface area (Å²) in [4.78, 5) is 15.8. The number of piperidine rings is 1. The fourth-order valence-corrected chi connectivity index (χ4v) is 5.42. The van der Waals surface area contributed by atoms with Crippen LogP contribution in [0.25, 0.3) is 0 Å². The molecule has 1 aliphatic heterocycles. The number of hydrogen-bond acceptors (Lipinski definition) is 3. The van der Waals surface area contributed by atoms with Gasteiger partial charge in [-0.3, -0.25) is 4.79 Å². The van der Waals surface area contributed by atoms with E-state index in [0.29, 0.717) is 18.3 Å². The molecule has 0 amide bonds. The van der Waals surface area contributed by atoms with E-state index in [1.807, 2.05) is 36.4 Å². The Kier molecular flexibility index (Phi) is 6.87. The molecule has 1 aliphatic carbocycles. The second-order valence-electron chi connectivity index (χ2n) is 9.47. The van der Waals surface area contributed by atoms with E-state index in [0.717, 1.165) is 61.3 Å². The Bertz CT molecular complexity index is 1060. The summed E-state index contributed by atoms with van der Waals surface area (Å²) in [6.07, 6.45) is 5.25. The molecule has 0 N–H and O–H groups in total. The standard InChI is InChI=1S/C30H33NO2/c32-30-26(18-21-31-19-16-25(17-20-31)24-10-5-2-6-11-24)14-15-27-28(30)12-7-13-29(27)33-22-23-8-3-1-4-9-23/h1-13,25-26H,14-22H2. The summed E-state index contributed by atoms with van der Waals surface area (Å²) in [6, 6.07) is 27.1. The molecule has 3 aromatic rings. The molecule has 1 fully saturated rings. The summed E-state index contributed by atoms with van der Waals surface area (Å²) in [5.41, 5.74) is 4.59. The monoisotopic (exact) mass is 439 g/mol. The van der Waals surface area contributed by atoms with Gasteiger partial charge in [0, 0.05) is 17.0 Å². The fourth-order valence-electron chi connectivity index (χ4n) is 5.42. The summed E-state index contributed by atoms with van der Waals surface area (Å²) in [5, 5.41) is 0. The van der Waals surface area contributed by atoms with Gasteiger partial charge in [0.15, 0.2) is 5.78 Å².